The zero-order valence-corrected chi connectivity index (χ0v) is 8.21. The number of thiophene rings is 1. The summed E-state index contributed by atoms with van der Waals surface area (Å²) >= 11 is 1.13. The summed E-state index contributed by atoms with van der Waals surface area (Å²) in [6.07, 6.45) is 0. The second-order valence-corrected chi connectivity index (χ2v) is 5.35. The van der Waals surface area contributed by atoms with E-state index in [2.05, 4.69) is 0 Å². The molecule has 4 nitrogen and oxygen atoms in total. The van der Waals surface area contributed by atoms with E-state index < -0.39 is 10.0 Å². The van der Waals surface area contributed by atoms with Crippen LogP contribution < -0.4 is 10.9 Å². The minimum atomic E-state index is -3.55. The Morgan fingerprint density at radius 3 is 2.42 bits per heavy atom. The average molecular weight is 206 g/mol. The first-order chi connectivity index (χ1) is 5.45. The van der Waals surface area contributed by atoms with Crippen LogP contribution in [0.25, 0.3) is 0 Å². The van der Waals surface area contributed by atoms with Crippen molar-refractivity contribution in [3.63, 3.8) is 0 Å². The minimum Gasteiger partial charge on any atom is -0.326 e. The van der Waals surface area contributed by atoms with Crippen molar-refractivity contribution in [1.29, 1.82) is 0 Å². The van der Waals surface area contributed by atoms with E-state index in [1.54, 1.807) is 6.07 Å². The molecule has 0 radical (unpaired) electrons. The second-order valence-electron chi connectivity index (χ2n) is 2.42. The highest BCUT2D eigenvalue weighted by atomic mass is 32.2. The molecule has 0 aliphatic rings. The molecule has 12 heavy (non-hydrogen) atoms. The lowest BCUT2D eigenvalue weighted by Gasteiger charge is -1.89. The molecular weight excluding hydrogens is 196 g/mol. The number of rotatable bonds is 2. The number of aryl methyl sites for hydroxylation is 1. The molecule has 1 heterocycles. The number of sulfonamides is 1. The lowest BCUT2D eigenvalue weighted by molar-refractivity contribution is 0.599. The van der Waals surface area contributed by atoms with Crippen LogP contribution in [-0.4, -0.2) is 8.42 Å². The molecule has 0 aliphatic heterocycles. The quantitative estimate of drug-likeness (QED) is 0.722. The smallest absolute Gasteiger partial charge is 0.247 e. The third-order valence-electron chi connectivity index (χ3n) is 1.46. The molecule has 0 atom stereocenters. The van der Waals surface area contributed by atoms with Crippen molar-refractivity contribution in [2.24, 2.45) is 10.9 Å². The summed E-state index contributed by atoms with van der Waals surface area (Å²) in [5.74, 6) is 0. The van der Waals surface area contributed by atoms with Gasteiger partial charge in [-0.15, -0.1) is 11.3 Å². The Balaban J connectivity index is 3.23. The van der Waals surface area contributed by atoms with Gasteiger partial charge in [0.1, 0.15) is 4.21 Å². The van der Waals surface area contributed by atoms with Gasteiger partial charge < -0.3 is 5.73 Å². The van der Waals surface area contributed by atoms with Crippen LogP contribution in [0.1, 0.15) is 10.4 Å². The van der Waals surface area contributed by atoms with E-state index >= 15 is 0 Å². The molecule has 6 heteroatoms. The van der Waals surface area contributed by atoms with Crippen LogP contribution >= 0.6 is 11.3 Å². The monoisotopic (exact) mass is 206 g/mol. The maximum atomic E-state index is 10.9. The number of hydrogen-bond donors (Lipinski definition) is 2. The zero-order valence-electron chi connectivity index (χ0n) is 6.57. The lowest BCUT2D eigenvalue weighted by Crippen LogP contribution is -2.09. The van der Waals surface area contributed by atoms with Crippen molar-refractivity contribution in [2.45, 2.75) is 17.7 Å². The average Bonchev–Trinajstić information content (AvgIpc) is 2.29. The van der Waals surface area contributed by atoms with Gasteiger partial charge in [0.15, 0.2) is 0 Å². The Morgan fingerprint density at radius 1 is 1.58 bits per heavy atom. The fourth-order valence-electron chi connectivity index (χ4n) is 0.832. The van der Waals surface area contributed by atoms with Gasteiger partial charge in [-0.05, 0) is 18.6 Å². The fourth-order valence-corrected chi connectivity index (χ4v) is 2.72. The molecule has 0 saturated carbocycles. The predicted octanol–water partition coefficient (Wildman–Crippen LogP) is 0.163. The van der Waals surface area contributed by atoms with Crippen LogP contribution in [0.15, 0.2) is 10.3 Å². The summed E-state index contributed by atoms with van der Waals surface area (Å²) in [7, 11) is -3.55. The van der Waals surface area contributed by atoms with E-state index in [0.717, 1.165) is 21.8 Å². The molecule has 1 rings (SSSR count). The van der Waals surface area contributed by atoms with Gasteiger partial charge in [0.2, 0.25) is 10.0 Å². The highest BCUT2D eigenvalue weighted by Gasteiger charge is 2.12. The first-order valence-corrected chi connectivity index (χ1v) is 5.63. The van der Waals surface area contributed by atoms with Gasteiger partial charge in [-0.2, -0.15) is 0 Å². The topological polar surface area (TPSA) is 86.2 Å². The zero-order chi connectivity index (χ0) is 9.35. The molecule has 4 N–H and O–H groups in total. The van der Waals surface area contributed by atoms with Crippen LogP contribution in [-0.2, 0) is 16.6 Å². The van der Waals surface area contributed by atoms with Gasteiger partial charge in [0, 0.05) is 11.4 Å². The molecule has 0 aliphatic carbocycles. The predicted molar refractivity (Wildman–Crippen MR) is 48.3 cm³/mol. The van der Waals surface area contributed by atoms with E-state index in [9.17, 15) is 8.42 Å². The van der Waals surface area contributed by atoms with E-state index in [0.29, 0.717) is 6.54 Å². The minimum absolute atomic E-state index is 0.181. The number of hydrogen-bond acceptors (Lipinski definition) is 4. The summed E-state index contributed by atoms with van der Waals surface area (Å²) in [5.41, 5.74) is 6.26. The Kier molecular flexibility index (Phi) is 2.52. The summed E-state index contributed by atoms with van der Waals surface area (Å²) < 4.78 is 21.9. The standard InChI is InChI=1S/C6H10N2O2S2/c1-4-2-6(12(8,9)10)11-5(4)3-7/h2H,3,7H2,1H3,(H2,8,9,10). The van der Waals surface area contributed by atoms with Gasteiger partial charge in [-0.1, -0.05) is 0 Å². The summed E-state index contributed by atoms with van der Waals surface area (Å²) in [6, 6.07) is 1.54. The van der Waals surface area contributed by atoms with Gasteiger partial charge in [0.05, 0.1) is 0 Å². The van der Waals surface area contributed by atoms with Crippen molar-refractivity contribution in [3.05, 3.63) is 16.5 Å². The molecule has 0 bridgehead atoms. The normalized spacial score (nSPS) is 11.9. The number of nitrogens with two attached hydrogens (primary N) is 2. The molecule has 0 saturated heterocycles. The first kappa shape index (κ1) is 9.66. The fraction of sp³-hybridized carbons (Fsp3) is 0.333. The van der Waals surface area contributed by atoms with E-state index in [1.807, 2.05) is 6.92 Å². The molecular formula is C6H10N2O2S2. The van der Waals surface area contributed by atoms with Crippen LogP contribution in [0.2, 0.25) is 0 Å². The maximum absolute atomic E-state index is 10.9. The van der Waals surface area contributed by atoms with Crippen LogP contribution in [0, 0.1) is 6.92 Å². The van der Waals surface area contributed by atoms with Gasteiger partial charge >= 0.3 is 0 Å². The summed E-state index contributed by atoms with van der Waals surface area (Å²) in [6.45, 7) is 2.17. The third kappa shape index (κ3) is 1.84. The first-order valence-electron chi connectivity index (χ1n) is 3.27. The Bertz CT molecular complexity index is 380. The van der Waals surface area contributed by atoms with Crippen molar-refractivity contribution in [3.8, 4) is 0 Å². The van der Waals surface area contributed by atoms with Crippen LogP contribution in [0.3, 0.4) is 0 Å². The highest BCUT2D eigenvalue weighted by molar-refractivity contribution is 7.91. The molecule has 1 aromatic rings. The lowest BCUT2D eigenvalue weighted by atomic mass is 10.3. The summed E-state index contributed by atoms with van der Waals surface area (Å²) in [4.78, 5) is 0.860. The van der Waals surface area contributed by atoms with E-state index in [1.165, 1.54) is 0 Å². The van der Waals surface area contributed by atoms with Crippen LogP contribution in [0.5, 0.6) is 0 Å². The van der Waals surface area contributed by atoms with Crippen molar-refractivity contribution in [2.75, 3.05) is 0 Å². The van der Waals surface area contributed by atoms with Crippen LogP contribution in [0.4, 0.5) is 0 Å². The molecule has 1 aromatic heterocycles. The number of primary sulfonamides is 1. The molecule has 68 valence electrons. The largest absolute Gasteiger partial charge is 0.326 e. The summed E-state index contributed by atoms with van der Waals surface area (Å²) in [5, 5.41) is 4.94. The van der Waals surface area contributed by atoms with Crippen molar-refractivity contribution < 1.29 is 8.42 Å². The van der Waals surface area contributed by atoms with E-state index in [-0.39, 0.29) is 4.21 Å². The van der Waals surface area contributed by atoms with Crippen molar-refractivity contribution in [1.82, 2.24) is 0 Å². The Hall–Kier alpha value is -0.430. The molecule has 0 amide bonds. The molecule has 0 unspecified atom stereocenters. The third-order valence-corrected chi connectivity index (χ3v) is 4.14. The Labute approximate surface area is 75.2 Å². The molecule has 0 fully saturated rings. The molecule has 0 spiro atoms. The van der Waals surface area contributed by atoms with Crippen molar-refractivity contribution >= 4 is 21.4 Å². The highest BCUT2D eigenvalue weighted by Crippen LogP contribution is 2.24. The Morgan fingerprint density at radius 2 is 2.17 bits per heavy atom. The van der Waals surface area contributed by atoms with Gasteiger partial charge in [0.25, 0.3) is 0 Å². The second kappa shape index (κ2) is 3.14. The van der Waals surface area contributed by atoms with Gasteiger partial charge in [-0.25, -0.2) is 13.6 Å². The van der Waals surface area contributed by atoms with Gasteiger partial charge in [-0.3, -0.25) is 0 Å². The SMILES string of the molecule is Cc1cc(S(N)(=O)=O)sc1CN. The maximum Gasteiger partial charge on any atom is 0.247 e. The van der Waals surface area contributed by atoms with E-state index in [4.69, 9.17) is 10.9 Å². The molecule has 0 aromatic carbocycles.